The topological polar surface area (TPSA) is 86.7 Å². The van der Waals surface area contributed by atoms with Crippen molar-refractivity contribution >= 4 is 16.2 Å². The van der Waals surface area contributed by atoms with Crippen molar-refractivity contribution in [3.05, 3.63) is 0 Å². The minimum absolute atomic E-state index is 0.670. The molecule has 1 rings (SSSR count). The number of piperidine rings is 1. The highest BCUT2D eigenvalue weighted by Crippen LogP contribution is 2.13. The van der Waals surface area contributed by atoms with Gasteiger partial charge in [-0.15, -0.1) is 0 Å². The zero-order chi connectivity index (χ0) is 14.4. The van der Waals surface area contributed by atoms with Crippen molar-refractivity contribution in [1.82, 2.24) is 9.03 Å². The number of halogens is 3. The monoisotopic (exact) mass is 292 g/mol. The van der Waals surface area contributed by atoms with Crippen molar-refractivity contribution in [2.45, 2.75) is 25.4 Å². The van der Waals surface area contributed by atoms with Crippen LogP contribution in [0.4, 0.5) is 13.2 Å². The molecule has 0 bridgehead atoms. The summed E-state index contributed by atoms with van der Waals surface area (Å²) >= 11 is 0. The van der Waals surface area contributed by atoms with Crippen LogP contribution in [-0.2, 0) is 15.0 Å². The molecule has 0 saturated carbocycles. The van der Waals surface area contributed by atoms with Crippen LogP contribution in [0.2, 0.25) is 0 Å². The van der Waals surface area contributed by atoms with Gasteiger partial charge in [0.15, 0.2) is 0 Å². The SMILES string of the molecule is CNS(=O)(=O)N1CCCCC1.O=C(O)C(F)(F)F. The maximum absolute atomic E-state index is 11.2. The summed E-state index contributed by atoms with van der Waals surface area (Å²) in [5.74, 6) is -2.76. The Labute approximate surface area is 103 Å². The van der Waals surface area contributed by atoms with Crippen molar-refractivity contribution in [2.24, 2.45) is 0 Å². The fourth-order valence-electron chi connectivity index (χ4n) is 1.23. The molecule has 1 saturated heterocycles. The van der Waals surface area contributed by atoms with Gasteiger partial charge >= 0.3 is 12.1 Å². The third kappa shape index (κ3) is 6.17. The Morgan fingerprint density at radius 1 is 1.22 bits per heavy atom. The second-order valence-corrected chi connectivity index (χ2v) is 5.35. The number of carboxylic acid groups (broad SMARTS) is 1. The van der Waals surface area contributed by atoms with Gasteiger partial charge in [0.25, 0.3) is 10.2 Å². The Hall–Kier alpha value is -0.870. The van der Waals surface area contributed by atoms with Gasteiger partial charge in [-0.05, 0) is 12.8 Å². The van der Waals surface area contributed by atoms with E-state index in [0.29, 0.717) is 13.1 Å². The highest BCUT2D eigenvalue weighted by atomic mass is 32.2. The maximum Gasteiger partial charge on any atom is 0.490 e. The summed E-state index contributed by atoms with van der Waals surface area (Å²) in [6.07, 6.45) is -1.96. The van der Waals surface area contributed by atoms with Crippen molar-refractivity contribution < 1.29 is 31.5 Å². The molecule has 0 spiro atoms. The first-order valence-electron chi connectivity index (χ1n) is 5.10. The molecule has 0 amide bonds. The third-order valence-electron chi connectivity index (χ3n) is 2.16. The molecule has 1 aliphatic heterocycles. The lowest BCUT2D eigenvalue weighted by Gasteiger charge is -2.24. The summed E-state index contributed by atoms with van der Waals surface area (Å²) in [6, 6.07) is 0. The van der Waals surface area contributed by atoms with Crippen LogP contribution in [0.1, 0.15) is 19.3 Å². The highest BCUT2D eigenvalue weighted by molar-refractivity contribution is 7.87. The molecule has 0 aromatic heterocycles. The Balaban J connectivity index is 0.000000360. The molecule has 2 N–H and O–H groups in total. The van der Waals surface area contributed by atoms with E-state index < -0.39 is 22.4 Å². The number of nitrogens with zero attached hydrogens (tertiary/aromatic N) is 1. The summed E-state index contributed by atoms with van der Waals surface area (Å²) in [5, 5.41) is 7.12. The fraction of sp³-hybridized carbons (Fsp3) is 0.875. The van der Waals surface area contributed by atoms with E-state index in [2.05, 4.69) is 4.72 Å². The van der Waals surface area contributed by atoms with E-state index in [1.165, 1.54) is 11.4 Å². The number of aliphatic carboxylic acids is 1. The van der Waals surface area contributed by atoms with Crippen molar-refractivity contribution in [1.29, 1.82) is 0 Å². The van der Waals surface area contributed by atoms with E-state index in [4.69, 9.17) is 9.90 Å². The standard InChI is InChI=1S/C6H14N2O2S.C2HF3O2/c1-7-11(9,10)8-5-3-2-4-6-8;3-2(4,5)1(6)7/h7H,2-6H2,1H3;(H,6,7). The number of alkyl halides is 3. The maximum atomic E-state index is 11.2. The van der Waals surface area contributed by atoms with E-state index in [1.807, 2.05) is 0 Å². The van der Waals surface area contributed by atoms with Crippen LogP contribution in [0.3, 0.4) is 0 Å². The predicted molar refractivity (Wildman–Crippen MR) is 57.1 cm³/mol. The highest BCUT2D eigenvalue weighted by Gasteiger charge is 2.38. The van der Waals surface area contributed by atoms with E-state index in [9.17, 15) is 21.6 Å². The second kappa shape index (κ2) is 6.90. The van der Waals surface area contributed by atoms with Gasteiger partial charge in [-0.2, -0.15) is 25.9 Å². The van der Waals surface area contributed by atoms with Crippen LogP contribution in [0.15, 0.2) is 0 Å². The van der Waals surface area contributed by atoms with Crippen LogP contribution in [-0.4, -0.2) is 50.1 Å². The summed E-state index contributed by atoms with van der Waals surface area (Å²) < 4.78 is 57.9. The lowest BCUT2D eigenvalue weighted by molar-refractivity contribution is -0.192. The molecule has 0 aliphatic carbocycles. The first-order valence-corrected chi connectivity index (χ1v) is 6.54. The van der Waals surface area contributed by atoms with Crippen LogP contribution < -0.4 is 4.72 Å². The molecule has 108 valence electrons. The van der Waals surface area contributed by atoms with Crippen molar-refractivity contribution in [3.8, 4) is 0 Å². The van der Waals surface area contributed by atoms with Crippen molar-refractivity contribution in [3.63, 3.8) is 0 Å². The van der Waals surface area contributed by atoms with Gasteiger partial charge in [-0.3, -0.25) is 0 Å². The second-order valence-electron chi connectivity index (χ2n) is 3.47. The molecular weight excluding hydrogens is 277 g/mol. The molecule has 10 heteroatoms. The summed E-state index contributed by atoms with van der Waals surface area (Å²) in [5.41, 5.74) is 0. The van der Waals surface area contributed by atoms with E-state index >= 15 is 0 Å². The molecule has 0 radical (unpaired) electrons. The van der Waals surface area contributed by atoms with Gasteiger partial charge in [0, 0.05) is 20.1 Å². The molecule has 18 heavy (non-hydrogen) atoms. The Morgan fingerprint density at radius 2 is 1.61 bits per heavy atom. The van der Waals surface area contributed by atoms with Crippen molar-refractivity contribution in [2.75, 3.05) is 20.1 Å². The smallest absolute Gasteiger partial charge is 0.475 e. The molecule has 6 nitrogen and oxygen atoms in total. The minimum atomic E-state index is -5.08. The molecule has 1 aliphatic rings. The predicted octanol–water partition coefficient (Wildman–Crippen LogP) is 0.570. The van der Waals surface area contributed by atoms with Gasteiger partial charge in [0.2, 0.25) is 0 Å². The van der Waals surface area contributed by atoms with Gasteiger partial charge in [-0.25, -0.2) is 9.52 Å². The number of nitrogens with one attached hydrogen (secondary N) is 1. The lowest BCUT2D eigenvalue weighted by atomic mass is 10.2. The first-order chi connectivity index (χ1) is 8.11. The number of hydrogen-bond acceptors (Lipinski definition) is 3. The van der Waals surface area contributed by atoms with Gasteiger partial charge < -0.3 is 5.11 Å². The zero-order valence-corrected chi connectivity index (χ0v) is 10.5. The van der Waals surface area contributed by atoms with Gasteiger partial charge in [-0.1, -0.05) is 6.42 Å². The summed E-state index contributed by atoms with van der Waals surface area (Å²) in [7, 11) is -1.69. The largest absolute Gasteiger partial charge is 0.490 e. The molecule has 0 aromatic rings. The Kier molecular flexibility index (Phi) is 6.57. The Bertz CT molecular complexity index is 363. The number of carbonyl (C=O) groups is 1. The number of carboxylic acids is 1. The zero-order valence-electron chi connectivity index (χ0n) is 9.70. The Morgan fingerprint density at radius 3 is 1.89 bits per heavy atom. The van der Waals surface area contributed by atoms with Crippen LogP contribution in [0.25, 0.3) is 0 Å². The van der Waals surface area contributed by atoms with Crippen LogP contribution >= 0.6 is 0 Å². The summed E-state index contributed by atoms with van der Waals surface area (Å²) in [6.45, 7) is 1.34. The van der Waals surface area contributed by atoms with E-state index in [1.54, 1.807) is 0 Å². The van der Waals surface area contributed by atoms with Crippen LogP contribution in [0.5, 0.6) is 0 Å². The quantitative estimate of drug-likeness (QED) is 0.779. The minimum Gasteiger partial charge on any atom is -0.475 e. The first kappa shape index (κ1) is 17.1. The molecule has 1 fully saturated rings. The molecule has 1 heterocycles. The van der Waals surface area contributed by atoms with Gasteiger partial charge in [0.1, 0.15) is 0 Å². The number of rotatable bonds is 2. The van der Waals surface area contributed by atoms with E-state index in [-0.39, 0.29) is 0 Å². The molecule has 0 aromatic carbocycles. The average Bonchev–Trinajstić information content (AvgIpc) is 2.30. The molecule has 0 unspecified atom stereocenters. The lowest BCUT2D eigenvalue weighted by Crippen LogP contribution is -2.41. The normalized spacial score (nSPS) is 17.8. The fourth-order valence-corrected chi connectivity index (χ4v) is 2.23. The molecule has 0 atom stereocenters. The molecular formula is C8H15F3N2O4S. The summed E-state index contributed by atoms with van der Waals surface area (Å²) in [4.78, 5) is 8.90. The van der Waals surface area contributed by atoms with Gasteiger partial charge in [0.05, 0.1) is 0 Å². The number of hydrogen-bond donors (Lipinski definition) is 2. The van der Waals surface area contributed by atoms with Crippen LogP contribution in [0, 0.1) is 0 Å². The average molecular weight is 292 g/mol. The van der Waals surface area contributed by atoms with E-state index in [0.717, 1.165) is 19.3 Å². The third-order valence-corrected chi connectivity index (χ3v) is 3.72.